The summed E-state index contributed by atoms with van der Waals surface area (Å²) in [6.07, 6.45) is 1.79. The van der Waals surface area contributed by atoms with Crippen molar-refractivity contribution >= 4 is 34.2 Å². The molecule has 1 atom stereocenters. The molecule has 1 saturated heterocycles. The van der Waals surface area contributed by atoms with Crippen molar-refractivity contribution in [2.24, 2.45) is 5.92 Å². The Hall–Kier alpha value is -3.32. The molecule has 174 valence electrons. The number of hydrogen-bond acceptors (Lipinski definition) is 4. The minimum atomic E-state index is -0.868. The van der Waals surface area contributed by atoms with Gasteiger partial charge in [0.15, 0.2) is 0 Å². The molecule has 7 nitrogen and oxygen atoms in total. The first-order valence-corrected chi connectivity index (χ1v) is 11.5. The number of nitrogens with zero attached hydrogens (tertiary/aromatic N) is 2. The van der Waals surface area contributed by atoms with E-state index in [2.05, 4.69) is 47.2 Å². The number of piperazine rings is 1. The van der Waals surface area contributed by atoms with Crippen molar-refractivity contribution in [2.75, 3.05) is 36.4 Å². The van der Waals surface area contributed by atoms with Crippen LogP contribution in [0.5, 0.6) is 0 Å². The van der Waals surface area contributed by atoms with Crippen molar-refractivity contribution in [3.05, 3.63) is 59.3 Å². The van der Waals surface area contributed by atoms with Gasteiger partial charge in [0.05, 0.1) is 0 Å². The Morgan fingerprint density at radius 3 is 2.45 bits per heavy atom. The zero-order chi connectivity index (χ0) is 23.7. The van der Waals surface area contributed by atoms with Gasteiger partial charge in [-0.25, -0.2) is 0 Å². The first kappa shape index (κ1) is 22.9. The first-order valence-electron chi connectivity index (χ1n) is 11.5. The summed E-state index contributed by atoms with van der Waals surface area (Å²) in [5.41, 5.74) is 6.00. The van der Waals surface area contributed by atoms with Gasteiger partial charge in [-0.1, -0.05) is 26.0 Å². The summed E-state index contributed by atoms with van der Waals surface area (Å²) in [7, 11) is 0. The van der Waals surface area contributed by atoms with E-state index in [0.29, 0.717) is 18.8 Å². The number of carboxylic acids is 1. The second-order valence-corrected chi connectivity index (χ2v) is 9.13. The first-order chi connectivity index (χ1) is 15.8. The molecule has 1 aliphatic heterocycles. The van der Waals surface area contributed by atoms with Crippen molar-refractivity contribution in [2.45, 2.75) is 33.7 Å². The highest BCUT2D eigenvalue weighted by Crippen LogP contribution is 2.32. The highest BCUT2D eigenvalue weighted by Gasteiger charge is 2.32. The van der Waals surface area contributed by atoms with Crippen LogP contribution in [-0.4, -0.2) is 53.0 Å². The molecule has 1 aromatic heterocycles. The molecule has 7 heteroatoms. The molecule has 0 radical (unpaired) electrons. The molecule has 0 unspecified atom stereocenters. The summed E-state index contributed by atoms with van der Waals surface area (Å²) < 4.78 is 0. The smallest absolute Gasteiger partial charge is 0.325 e. The standard InChI is InChI=1S/C26H32N4O3/c1-16(2)25(31)28-19-8-9-22-20(14-19)21(15-27-22)24(26(32)33)30-12-10-29(11-13-30)23-7-5-6-17(3)18(23)4/h5-9,14-16,24,27H,10-13H2,1-4H3,(H,28,31)(H,32,33)/t24-/m0/s1. The Balaban J connectivity index is 1.57. The third kappa shape index (κ3) is 4.59. The SMILES string of the molecule is Cc1cccc(N2CCN([C@H](C(=O)O)c3c[nH]c4ccc(NC(=O)C(C)C)cc34)CC2)c1C. The van der Waals surface area contributed by atoms with E-state index in [9.17, 15) is 14.7 Å². The van der Waals surface area contributed by atoms with E-state index in [1.165, 1.54) is 16.8 Å². The number of rotatable bonds is 6. The van der Waals surface area contributed by atoms with Crippen molar-refractivity contribution in [3.8, 4) is 0 Å². The summed E-state index contributed by atoms with van der Waals surface area (Å²) in [5.74, 6) is -1.07. The van der Waals surface area contributed by atoms with E-state index in [1.807, 2.05) is 36.9 Å². The Kier molecular flexibility index (Phi) is 6.42. The minimum absolute atomic E-state index is 0.0659. The molecule has 0 bridgehead atoms. The van der Waals surface area contributed by atoms with Crippen molar-refractivity contribution < 1.29 is 14.7 Å². The van der Waals surface area contributed by atoms with Gasteiger partial charge in [0, 0.05) is 66.1 Å². The van der Waals surface area contributed by atoms with Gasteiger partial charge in [-0.05, 0) is 49.2 Å². The second kappa shape index (κ2) is 9.27. The van der Waals surface area contributed by atoms with Crippen LogP contribution >= 0.6 is 0 Å². The number of carbonyl (C=O) groups excluding carboxylic acids is 1. The number of aromatic nitrogens is 1. The van der Waals surface area contributed by atoms with Gasteiger partial charge < -0.3 is 20.3 Å². The Bertz CT molecular complexity index is 1180. The number of fused-ring (bicyclic) bond motifs is 1. The van der Waals surface area contributed by atoms with Gasteiger partial charge in [-0.15, -0.1) is 0 Å². The fourth-order valence-corrected chi connectivity index (χ4v) is 4.52. The molecular weight excluding hydrogens is 416 g/mol. The maximum Gasteiger partial charge on any atom is 0.325 e. The van der Waals surface area contributed by atoms with Crippen LogP contribution in [0.3, 0.4) is 0 Å². The molecule has 33 heavy (non-hydrogen) atoms. The summed E-state index contributed by atoms with van der Waals surface area (Å²) >= 11 is 0. The number of carbonyl (C=O) groups is 2. The molecule has 1 aliphatic rings. The van der Waals surface area contributed by atoms with Gasteiger partial charge in [0.2, 0.25) is 5.91 Å². The number of anilines is 2. The van der Waals surface area contributed by atoms with Crippen LogP contribution in [0.25, 0.3) is 10.9 Å². The van der Waals surface area contributed by atoms with Gasteiger partial charge in [-0.3, -0.25) is 14.5 Å². The van der Waals surface area contributed by atoms with Crippen molar-refractivity contribution in [1.82, 2.24) is 9.88 Å². The van der Waals surface area contributed by atoms with E-state index in [-0.39, 0.29) is 11.8 Å². The largest absolute Gasteiger partial charge is 0.480 e. The van der Waals surface area contributed by atoms with E-state index in [1.54, 1.807) is 6.20 Å². The Morgan fingerprint density at radius 2 is 1.79 bits per heavy atom. The fourth-order valence-electron chi connectivity index (χ4n) is 4.52. The van der Waals surface area contributed by atoms with Crippen LogP contribution < -0.4 is 10.2 Å². The average molecular weight is 449 g/mol. The number of aryl methyl sites for hydroxylation is 1. The number of carboxylic acid groups (broad SMARTS) is 1. The van der Waals surface area contributed by atoms with Crippen LogP contribution in [0.4, 0.5) is 11.4 Å². The molecule has 3 N–H and O–H groups in total. The monoisotopic (exact) mass is 448 g/mol. The van der Waals surface area contributed by atoms with Crippen LogP contribution in [0.2, 0.25) is 0 Å². The maximum atomic E-state index is 12.4. The van der Waals surface area contributed by atoms with Gasteiger partial charge in [0.1, 0.15) is 6.04 Å². The molecule has 0 aliphatic carbocycles. The predicted octanol–water partition coefficient (Wildman–Crippen LogP) is 4.33. The molecule has 2 heterocycles. The lowest BCUT2D eigenvalue weighted by Gasteiger charge is -2.39. The average Bonchev–Trinajstić information content (AvgIpc) is 3.19. The van der Waals surface area contributed by atoms with E-state index >= 15 is 0 Å². The molecule has 0 saturated carbocycles. The topological polar surface area (TPSA) is 88.7 Å². The zero-order valence-electron chi connectivity index (χ0n) is 19.7. The lowest BCUT2D eigenvalue weighted by molar-refractivity contribution is -0.143. The molecule has 0 spiro atoms. The normalized spacial score (nSPS) is 15.7. The number of nitrogens with one attached hydrogen (secondary N) is 2. The van der Waals surface area contributed by atoms with Crippen LogP contribution in [0.15, 0.2) is 42.6 Å². The highest BCUT2D eigenvalue weighted by atomic mass is 16.4. The Morgan fingerprint density at radius 1 is 1.06 bits per heavy atom. The molecule has 1 fully saturated rings. The third-order valence-electron chi connectivity index (χ3n) is 6.63. The van der Waals surface area contributed by atoms with Gasteiger partial charge in [-0.2, -0.15) is 0 Å². The molecule has 1 amide bonds. The van der Waals surface area contributed by atoms with Gasteiger partial charge in [0.25, 0.3) is 0 Å². The summed E-state index contributed by atoms with van der Waals surface area (Å²) in [6.45, 7) is 10.8. The summed E-state index contributed by atoms with van der Waals surface area (Å²) in [4.78, 5) is 32.1. The van der Waals surface area contributed by atoms with E-state index < -0.39 is 12.0 Å². The quantitative estimate of drug-likeness (QED) is 0.522. The number of amides is 1. The number of H-pyrrole nitrogens is 1. The zero-order valence-corrected chi connectivity index (χ0v) is 19.7. The predicted molar refractivity (Wildman–Crippen MR) is 132 cm³/mol. The van der Waals surface area contributed by atoms with Crippen LogP contribution in [0, 0.1) is 19.8 Å². The van der Waals surface area contributed by atoms with E-state index in [4.69, 9.17) is 0 Å². The number of aliphatic carboxylic acids is 1. The fraction of sp³-hybridized carbons (Fsp3) is 0.385. The van der Waals surface area contributed by atoms with Crippen LogP contribution in [-0.2, 0) is 9.59 Å². The summed E-state index contributed by atoms with van der Waals surface area (Å²) in [6, 6.07) is 11.2. The maximum absolute atomic E-state index is 12.4. The molecule has 4 rings (SSSR count). The van der Waals surface area contributed by atoms with Crippen molar-refractivity contribution in [3.63, 3.8) is 0 Å². The second-order valence-electron chi connectivity index (χ2n) is 9.13. The molecular formula is C26H32N4O3. The lowest BCUT2D eigenvalue weighted by Crippen LogP contribution is -2.49. The van der Waals surface area contributed by atoms with Gasteiger partial charge >= 0.3 is 5.97 Å². The number of aromatic amines is 1. The number of benzene rings is 2. The molecule has 3 aromatic rings. The lowest BCUT2D eigenvalue weighted by atomic mass is 10.0. The van der Waals surface area contributed by atoms with Crippen molar-refractivity contribution in [1.29, 1.82) is 0 Å². The third-order valence-corrected chi connectivity index (χ3v) is 6.63. The van der Waals surface area contributed by atoms with Crippen LogP contribution in [0.1, 0.15) is 36.6 Å². The number of hydrogen-bond donors (Lipinski definition) is 3. The summed E-state index contributed by atoms with van der Waals surface area (Å²) in [5, 5.41) is 13.9. The minimum Gasteiger partial charge on any atom is -0.480 e. The highest BCUT2D eigenvalue weighted by molar-refractivity contribution is 5.96. The molecule has 2 aromatic carbocycles. The Labute approximate surface area is 194 Å². The van der Waals surface area contributed by atoms with E-state index in [0.717, 1.165) is 29.6 Å².